The average molecular weight is 413 g/mol. The van der Waals surface area contributed by atoms with Crippen molar-refractivity contribution < 1.29 is 26.7 Å². The van der Waals surface area contributed by atoms with Gasteiger partial charge in [0.15, 0.2) is 17.3 Å². The van der Waals surface area contributed by atoms with Crippen molar-refractivity contribution in [2.24, 2.45) is 10.7 Å². The van der Waals surface area contributed by atoms with Crippen LogP contribution in [0.3, 0.4) is 0 Å². The van der Waals surface area contributed by atoms with Crippen molar-refractivity contribution in [3.63, 3.8) is 0 Å². The van der Waals surface area contributed by atoms with E-state index in [4.69, 9.17) is 12.2 Å². The number of likely N-dealkylation sites (N-methyl/N-ethyl adjacent to an activating group) is 1. The van der Waals surface area contributed by atoms with Crippen molar-refractivity contribution in [1.82, 2.24) is 4.90 Å². The summed E-state index contributed by atoms with van der Waals surface area (Å²) in [7, 11) is 1.31. The van der Waals surface area contributed by atoms with E-state index >= 15 is 0 Å². The normalized spacial score (nSPS) is 22.8. The summed E-state index contributed by atoms with van der Waals surface area (Å²) in [6, 6.07) is 4.57. The Morgan fingerprint density at radius 1 is 1.29 bits per heavy atom. The van der Waals surface area contributed by atoms with Gasteiger partial charge in [-0.15, -0.1) is 17.8 Å². The molecule has 1 aromatic carbocycles. The second-order valence-electron chi connectivity index (χ2n) is 6.06. The number of nitrogens with two attached hydrogens (primary N) is 1. The minimum atomic E-state index is -4.57. The zero-order valence-corrected chi connectivity index (χ0v) is 15.0. The third kappa shape index (κ3) is 3.01. The fraction of sp³-hybridized carbons (Fsp3) is 0.222. The van der Waals surface area contributed by atoms with Crippen molar-refractivity contribution in [2.45, 2.75) is 17.6 Å². The predicted molar refractivity (Wildman–Crippen MR) is 93.3 cm³/mol. The molecule has 0 spiro atoms. The number of alkyl halides is 3. The van der Waals surface area contributed by atoms with Crippen LogP contribution in [0.5, 0.6) is 0 Å². The van der Waals surface area contributed by atoms with Crippen LogP contribution in [0.15, 0.2) is 35.3 Å². The summed E-state index contributed by atoms with van der Waals surface area (Å²) in [4.78, 5) is 17.9. The molecule has 0 radical (unpaired) electrons. The van der Waals surface area contributed by atoms with Gasteiger partial charge in [-0.25, -0.2) is 9.38 Å². The third-order valence-corrected chi connectivity index (χ3v) is 5.47. The van der Waals surface area contributed by atoms with E-state index in [1.54, 1.807) is 0 Å². The van der Waals surface area contributed by atoms with Crippen molar-refractivity contribution >= 4 is 23.2 Å². The van der Waals surface area contributed by atoms with Crippen LogP contribution in [-0.4, -0.2) is 23.8 Å². The average Bonchev–Trinajstić information content (AvgIpc) is 2.98. The van der Waals surface area contributed by atoms with Crippen molar-refractivity contribution in [3.8, 4) is 12.3 Å². The lowest BCUT2D eigenvalue weighted by Crippen LogP contribution is -2.52. The molecule has 0 aliphatic carbocycles. The quantitative estimate of drug-likeness (QED) is 0.606. The van der Waals surface area contributed by atoms with Crippen LogP contribution >= 0.6 is 11.3 Å². The molecular formula is C18H12F5N3OS. The van der Waals surface area contributed by atoms with E-state index in [1.165, 1.54) is 7.05 Å². The van der Waals surface area contributed by atoms with Gasteiger partial charge >= 0.3 is 6.18 Å². The van der Waals surface area contributed by atoms with E-state index in [0.717, 1.165) is 35.2 Å². The van der Waals surface area contributed by atoms with E-state index in [0.29, 0.717) is 11.3 Å². The van der Waals surface area contributed by atoms with Gasteiger partial charge in [0.25, 0.3) is 0 Å². The molecule has 146 valence electrons. The standard InChI is InChI=1S/C18H12F5N3OS/c1-3-17(12-8-11(19)14(20)28-12)13(15(27)26(2)16(24)25-17)9-4-6-10(7-5-9)18(21,22)23/h1,4-8,13H,2H3,(H2,24,25)/t13-,17+/m0/s1. The first kappa shape index (κ1) is 19.8. The van der Waals surface area contributed by atoms with E-state index in [-0.39, 0.29) is 16.4 Å². The van der Waals surface area contributed by atoms with Crippen molar-refractivity contribution in [1.29, 1.82) is 0 Å². The van der Waals surface area contributed by atoms with Crippen LogP contribution in [0.25, 0.3) is 0 Å². The van der Waals surface area contributed by atoms with Crippen molar-refractivity contribution in [2.75, 3.05) is 7.05 Å². The molecule has 28 heavy (non-hydrogen) atoms. The Labute approximate surface area is 160 Å². The highest BCUT2D eigenvalue weighted by atomic mass is 32.1. The van der Waals surface area contributed by atoms with Crippen molar-refractivity contribution in [3.05, 3.63) is 57.3 Å². The molecule has 0 saturated heterocycles. The number of amides is 1. The number of carbonyl (C=O) groups excluding carboxylic acids is 1. The van der Waals surface area contributed by atoms with Gasteiger partial charge in [0.1, 0.15) is 5.92 Å². The highest BCUT2D eigenvalue weighted by Gasteiger charge is 2.51. The van der Waals surface area contributed by atoms with Crippen LogP contribution in [0, 0.1) is 23.3 Å². The van der Waals surface area contributed by atoms with Gasteiger partial charge in [-0.3, -0.25) is 9.69 Å². The summed E-state index contributed by atoms with van der Waals surface area (Å²) in [5.41, 5.74) is 3.04. The largest absolute Gasteiger partial charge is 0.416 e. The number of terminal acetylenes is 1. The van der Waals surface area contributed by atoms with Crippen LogP contribution in [0.4, 0.5) is 22.0 Å². The van der Waals surface area contributed by atoms with Crippen LogP contribution in [-0.2, 0) is 16.5 Å². The third-order valence-electron chi connectivity index (χ3n) is 4.44. The van der Waals surface area contributed by atoms with Gasteiger partial charge in [-0.2, -0.15) is 17.6 Å². The van der Waals surface area contributed by atoms with Gasteiger partial charge in [-0.05, 0) is 23.8 Å². The molecule has 4 nitrogen and oxygen atoms in total. The molecule has 2 atom stereocenters. The minimum absolute atomic E-state index is 0.0979. The second kappa shape index (κ2) is 6.60. The number of hydrogen-bond acceptors (Lipinski definition) is 4. The van der Waals surface area contributed by atoms with Crippen LogP contribution in [0.1, 0.15) is 21.9 Å². The predicted octanol–water partition coefficient (Wildman–Crippen LogP) is 3.44. The number of aliphatic imine (C=N–C) groups is 1. The maximum Gasteiger partial charge on any atom is 0.416 e. The molecule has 2 N–H and O–H groups in total. The zero-order chi connectivity index (χ0) is 20.9. The highest BCUT2D eigenvalue weighted by Crippen LogP contribution is 2.46. The number of nitrogens with zero attached hydrogens (tertiary/aromatic N) is 2. The van der Waals surface area contributed by atoms with Gasteiger partial charge in [0.05, 0.1) is 10.4 Å². The summed E-state index contributed by atoms with van der Waals surface area (Å²) >= 11 is 0.358. The Morgan fingerprint density at radius 3 is 2.36 bits per heavy atom. The first-order valence-corrected chi connectivity index (χ1v) is 8.56. The molecule has 10 heteroatoms. The van der Waals surface area contributed by atoms with E-state index in [1.807, 2.05) is 0 Å². The molecule has 1 amide bonds. The van der Waals surface area contributed by atoms with Gasteiger partial charge in [0, 0.05) is 7.05 Å². The molecule has 1 aliphatic rings. The summed E-state index contributed by atoms with van der Waals surface area (Å²) < 4.78 is 65.9. The maximum atomic E-state index is 13.7. The lowest BCUT2D eigenvalue weighted by Gasteiger charge is -2.39. The number of guanidine groups is 1. The van der Waals surface area contributed by atoms with Crippen LogP contribution in [0.2, 0.25) is 0 Å². The molecule has 0 saturated carbocycles. The fourth-order valence-corrected chi connectivity index (χ4v) is 3.86. The number of hydrogen-bond donors (Lipinski definition) is 1. The maximum absolute atomic E-state index is 13.7. The molecule has 0 fully saturated rings. The first-order chi connectivity index (χ1) is 13.0. The fourth-order valence-electron chi connectivity index (χ4n) is 2.97. The Kier molecular flexibility index (Phi) is 4.67. The Bertz CT molecular complexity index is 986. The number of benzene rings is 1. The SMILES string of the molecule is C#C[C@]1(c2cc(F)c(F)s2)N=C(N)N(C)C(=O)[C@@H]1c1ccc(C(F)(F)F)cc1. The topological polar surface area (TPSA) is 58.7 Å². The summed E-state index contributed by atoms with van der Waals surface area (Å²) in [6.45, 7) is 0. The Hall–Kier alpha value is -2.93. The Balaban J connectivity index is 2.23. The van der Waals surface area contributed by atoms with E-state index < -0.39 is 40.1 Å². The smallest absolute Gasteiger partial charge is 0.369 e. The first-order valence-electron chi connectivity index (χ1n) is 7.74. The summed E-state index contributed by atoms with van der Waals surface area (Å²) in [5, 5.41) is -1.16. The van der Waals surface area contributed by atoms with Gasteiger partial charge in [-0.1, -0.05) is 18.1 Å². The molecular weight excluding hydrogens is 401 g/mol. The number of thiophene rings is 1. The number of carbonyl (C=O) groups is 1. The minimum Gasteiger partial charge on any atom is -0.369 e. The molecule has 0 unspecified atom stereocenters. The van der Waals surface area contributed by atoms with Gasteiger partial charge < -0.3 is 5.73 Å². The van der Waals surface area contributed by atoms with E-state index in [2.05, 4.69) is 10.9 Å². The molecule has 1 aliphatic heterocycles. The highest BCUT2D eigenvalue weighted by molar-refractivity contribution is 7.10. The number of halogens is 5. The lowest BCUT2D eigenvalue weighted by atomic mass is 9.76. The zero-order valence-electron chi connectivity index (χ0n) is 14.2. The second-order valence-corrected chi connectivity index (χ2v) is 7.07. The summed E-state index contributed by atoms with van der Waals surface area (Å²) in [6.07, 6.45) is 1.05. The summed E-state index contributed by atoms with van der Waals surface area (Å²) in [5.74, 6) is -1.16. The monoisotopic (exact) mass is 413 g/mol. The number of rotatable bonds is 2. The van der Waals surface area contributed by atoms with Crippen LogP contribution < -0.4 is 5.73 Å². The van der Waals surface area contributed by atoms with Gasteiger partial charge in [0.2, 0.25) is 11.0 Å². The molecule has 1 aromatic heterocycles. The molecule has 2 aromatic rings. The Morgan fingerprint density at radius 2 is 1.89 bits per heavy atom. The molecule has 0 bridgehead atoms. The van der Waals surface area contributed by atoms with E-state index in [9.17, 15) is 26.7 Å². The lowest BCUT2D eigenvalue weighted by molar-refractivity contribution is -0.137. The molecule has 3 rings (SSSR count). The molecule has 2 heterocycles.